The summed E-state index contributed by atoms with van der Waals surface area (Å²) in [6, 6.07) is 10.0. The number of benzene rings is 1. The van der Waals surface area contributed by atoms with E-state index in [-0.39, 0.29) is 25.0 Å². The van der Waals surface area contributed by atoms with Crippen LogP contribution >= 0.6 is 0 Å². The van der Waals surface area contributed by atoms with Crippen molar-refractivity contribution in [1.82, 2.24) is 15.1 Å². The van der Waals surface area contributed by atoms with Gasteiger partial charge in [0.2, 0.25) is 5.91 Å². The van der Waals surface area contributed by atoms with Gasteiger partial charge in [-0.15, -0.1) is 0 Å². The van der Waals surface area contributed by atoms with Crippen molar-refractivity contribution >= 4 is 17.9 Å². The highest BCUT2D eigenvalue weighted by molar-refractivity contribution is 5.85. The number of piperidine rings is 1. The molecule has 0 radical (unpaired) electrons. The predicted octanol–water partition coefficient (Wildman–Crippen LogP) is 1.97. The SMILES string of the molecule is CC1(C(=O)O)CCN(C(=O)NCC(=O)N2CCC(Cc3ccccc3)CC2)C1. The Kier molecular flexibility index (Phi) is 6.21. The highest BCUT2D eigenvalue weighted by Crippen LogP contribution is 2.30. The molecule has 2 N–H and O–H groups in total. The number of hydrogen-bond donors (Lipinski definition) is 2. The molecule has 2 aliphatic heterocycles. The van der Waals surface area contributed by atoms with E-state index >= 15 is 0 Å². The first-order chi connectivity index (χ1) is 13.4. The number of rotatable bonds is 5. The van der Waals surface area contributed by atoms with Crippen molar-refractivity contribution in [1.29, 1.82) is 0 Å². The number of urea groups is 1. The minimum atomic E-state index is -0.901. The van der Waals surface area contributed by atoms with Gasteiger partial charge in [-0.25, -0.2) is 4.79 Å². The zero-order valence-electron chi connectivity index (χ0n) is 16.4. The molecule has 28 heavy (non-hydrogen) atoms. The largest absolute Gasteiger partial charge is 0.481 e. The number of carboxylic acid groups (broad SMARTS) is 1. The Morgan fingerprint density at radius 3 is 2.39 bits per heavy atom. The standard InChI is InChI=1S/C21H29N3O4/c1-21(19(26)27)9-12-24(15-21)20(28)22-14-18(25)23-10-7-17(8-11-23)13-16-5-3-2-4-6-16/h2-6,17H,7-15H2,1H3,(H,22,28)(H,26,27). The molecule has 0 spiro atoms. The molecule has 0 saturated carbocycles. The summed E-state index contributed by atoms with van der Waals surface area (Å²) in [5.74, 6) is -0.386. The van der Waals surface area contributed by atoms with Crippen LogP contribution in [0.15, 0.2) is 30.3 Å². The first-order valence-electron chi connectivity index (χ1n) is 9.95. The minimum absolute atomic E-state index is 0.0392. The Bertz CT molecular complexity index is 716. The van der Waals surface area contributed by atoms with E-state index in [0.29, 0.717) is 32.0 Å². The van der Waals surface area contributed by atoms with Crippen molar-refractivity contribution in [3.8, 4) is 0 Å². The third-order valence-electron chi connectivity index (χ3n) is 6.00. The van der Waals surface area contributed by atoms with Crippen molar-refractivity contribution < 1.29 is 19.5 Å². The molecule has 0 aliphatic carbocycles. The minimum Gasteiger partial charge on any atom is -0.481 e. The van der Waals surface area contributed by atoms with Crippen LogP contribution in [-0.2, 0) is 16.0 Å². The van der Waals surface area contributed by atoms with Gasteiger partial charge < -0.3 is 20.2 Å². The number of amides is 3. The first kappa shape index (κ1) is 20.2. The van der Waals surface area contributed by atoms with Crippen LogP contribution in [0.25, 0.3) is 0 Å². The van der Waals surface area contributed by atoms with Crippen molar-refractivity contribution in [2.75, 3.05) is 32.7 Å². The van der Waals surface area contributed by atoms with Crippen LogP contribution in [0.1, 0.15) is 31.7 Å². The van der Waals surface area contributed by atoms with Crippen LogP contribution < -0.4 is 5.32 Å². The Labute approximate surface area is 165 Å². The highest BCUT2D eigenvalue weighted by atomic mass is 16.4. The van der Waals surface area contributed by atoms with Crippen LogP contribution in [0, 0.1) is 11.3 Å². The van der Waals surface area contributed by atoms with E-state index in [1.165, 1.54) is 10.5 Å². The second kappa shape index (κ2) is 8.63. The van der Waals surface area contributed by atoms with Crippen molar-refractivity contribution in [2.45, 2.75) is 32.6 Å². The molecule has 2 aliphatic rings. The van der Waals surface area contributed by atoms with Gasteiger partial charge in [0.15, 0.2) is 0 Å². The fourth-order valence-corrected chi connectivity index (χ4v) is 4.02. The molecule has 3 rings (SSSR count). The molecular weight excluding hydrogens is 358 g/mol. The molecule has 1 atom stereocenters. The second-order valence-corrected chi connectivity index (χ2v) is 8.21. The number of nitrogens with zero attached hydrogens (tertiary/aromatic N) is 2. The van der Waals surface area contributed by atoms with Crippen LogP contribution in [0.2, 0.25) is 0 Å². The van der Waals surface area contributed by atoms with Crippen molar-refractivity contribution in [3.05, 3.63) is 35.9 Å². The maximum absolute atomic E-state index is 12.4. The zero-order chi connectivity index (χ0) is 20.1. The monoisotopic (exact) mass is 387 g/mol. The molecule has 1 aromatic carbocycles. The second-order valence-electron chi connectivity index (χ2n) is 8.21. The lowest BCUT2D eigenvalue weighted by atomic mass is 9.90. The van der Waals surface area contributed by atoms with E-state index in [0.717, 1.165) is 19.3 Å². The number of hydrogen-bond acceptors (Lipinski definition) is 3. The van der Waals surface area contributed by atoms with Crippen LogP contribution in [0.3, 0.4) is 0 Å². The predicted molar refractivity (Wildman–Crippen MR) is 105 cm³/mol. The Balaban J connectivity index is 1.39. The summed E-state index contributed by atoms with van der Waals surface area (Å²) in [4.78, 5) is 39.2. The lowest BCUT2D eigenvalue weighted by molar-refractivity contribution is -0.147. The summed E-state index contributed by atoms with van der Waals surface area (Å²) in [6.07, 6.45) is 3.41. The molecule has 7 nitrogen and oxygen atoms in total. The highest BCUT2D eigenvalue weighted by Gasteiger charge is 2.42. The summed E-state index contributed by atoms with van der Waals surface area (Å²) < 4.78 is 0. The average molecular weight is 387 g/mol. The first-order valence-corrected chi connectivity index (χ1v) is 9.95. The molecule has 7 heteroatoms. The molecule has 3 amide bonds. The van der Waals surface area contributed by atoms with E-state index in [4.69, 9.17) is 0 Å². The van der Waals surface area contributed by atoms with Crippen molar-refractivity contribution in [2.24, 2.45) is 11.3 Å². The van der Waals surface area contributed by atoms with E-state index in [2.05, 4.69) is 29.6 Å². The van der Waals surface area contributed by atoms with Gasteiger partial charge in [-0.2, -0.15) is 0 Å². The molecule has 2 saturated heterocycles. The maximum Gasteiger partial charge on any atom is 0.317 e. The Morgan fingerprint density at radius 2 is 1.79 bits per heavy atom. The molecule has 1 unspecified atom stereocenters. The molecule has 1 aromatic rings. The van der Waals surface area contributed by atoms with Crippen molar-refractivity contribution in [3.63, 3.8) is 0 Å². The van der Waals surface area contributed by atoms with Gasteiger partial charge in [-0.05, 0) is 44.1 Å². The summed E-state index contributed by atoms with van der Waals surface area (Å²) in [5, 5.41) is 11.9. The third kappa shape index (κ3) is 4.82. The lowest BCUT2D eigenvalue weighted by Crippen LogP contribution is -2.47. The summed E-state index contributed by atoms with van der Waals surface area (Å²) in [5.41, 5.74) is 0.431. The summed E-state index contributed by atoms with van der Waals surface area (Å²) >= 11 is 0. The van der Waals surface area contributed by atoms with Gasteiger partial charge >= 0.3 is 12.0 Å². The van der Waals surface area contributed by atoms with Gasteiger partial charge in [-0.3, -0.25) is 9.59 Å². The maximum atomic E-state index is 12.4. The molecule has 0 bridgehead atoms. The van der Waals surface area contributed by atoms with E-state index < -0.39 is 11.4 Å². The van der Waals surface area contributed by atoms with Crippen LogP contribution in [0.5, 0.6) is 0 Å². The van der Waals surface area contributed by atoms with Gasteiger partial charge in [0.25, 0.3) is 0 Å². The topological polar surface area (TPSA) is 90.0 Å². The van der Waals surface area contributed by atoms with Gasteiger partial charge in [0, 0.05) is 26.2 Å². The molecule has 152 valence electrons. The number of carbonyl (C=O) groups is 3. The molecule has 2 heterocycles. The van der Waals surface area contributed by atoms with Crippen LogP contribution in [-0.4, -0.2) is 65.5 Å². The number of likely N-dealkylation sites (tertiary alicyclic amines) is 2. The van der Waals surface area contributed by atoms with Gasteiger partial charge in [0.1, 0.15) is 0 Å². The average Bonchev–Trinajstić information content (AvgIpc) is 3.11. The van der Waals surface area contributed by atoms with Crippen LogP contribution in [0.4, 0.5) is 4.79 Å². The normalized spacial score (nSPS) is 22.9. The zero-order valence-corrected chi connectivity index (χ0v) is 16.4. The Morgan fingerprint density at radius 1 is 1.11 bits per heavy atom. The summed E-state index contributed by atoms with van der Waals surface area (Å²) in [7, 11) is 0. The molecule has 2 fully saturated rings. The molecule has 0 aromatic heterocycles. The third-order valence-corrected chi connectivity index (χ3v) is 6.00. The summed E-state index contributed by atoms with van der Waals surface area (Å²) in [6.45, 7) is 3.61. The van der Waals surface area contributed by atoms with Gasteiger partial charge in [-0.1, -0.05) is 30.3 Å². The number of aliphatic carboxylic acids is 1. The van der Waals surface area contributed by atoms with E-state index in [9.17, 15) is 19.5 Å². The number of carboxylic acids is 1. The number of nitrogens with one attached hydrogen (secondary N) is 1. The molecular formula is C21H29N3O4. The lowest BCUT2D eigenvalue weighted by Gasteiger charge is -2.32. The number of carbonyl (C=O) groups excluding carboxylic acids is 2. The Hall–Kier alpha value is -2.57. The quantitative estimate of drug-likeness (QED) is 0.808. The fourth-order valence-electron chi connectivity index (χ4n) is 4.02. The van der Waals surface area contributed by atoms with E-state index in [1.807, 2.05) is 11.0 Å². The van der Waals surface area contributed by atoms with E-state index in [1.54, 1.807) is 6.92 Å². The smallest absolute Gasteiger partial charge is 0.317 e. The van der Waals surface area contributed by atoms with Gasteiger partial charge in [0.05, 0.1) is 12.0 Å². The fraction of sp³-hybridized carbons (Fsp3) is 0.571.